The Hall–Kier alpha value is -3.52. The van der Waals surface area contributed by atoms with Crippen LogP contribution in [0.1, 0.15) is 57.9 Å². The van der Waals surface area contributed by atoms with Crippen molar-refractivity contribution in [2.45, 2.75) is 69.6 Å². The van der Waals surface area contributed by atoms with E-state index in [4.69, 9.17) is 9.47 Å². The fourth-order valence-electron chi connectivity index (χ4n) is 5.60. The van der Waals surface area contributed by atoms with E-state index in [-0.39, 0.29) is 24.0 Å². The third kappa shape index (κ3) is 4.53. The summed E-state index contributed by atoms with van der Waals surface area (Å²) >= 11 is 0. The van der Waals surface area contributed by atoms with Gasteiger partial charge in [0.25, 0.3) is 11.8 Å². The number of benzene rings is 2. The first-order valence-corrected chi connectivity index (χ1v) is 12.5. The highest BCUT2D eigenvalue weighted by molar-refractivity contribution is 6.03. The number of anilines is 1. The SMILES string of the molecule is CCC1NC(C)=C(C(=O)Nc2ccc(-c3ccc(C45CCC(CC(=O)N=O)(CC4)OC5)cc3)cc2)O1. The normalized spacial score (nSPS) is 26.8. The minimum Gasteiger partial charge on any atom is -0.463 e. The second kappa shape index (κ2) is 9.50. The van der Waals surface area contributed by atoms with Gasteiger partial charge in [0.05, 0.1) is 24.3 Å². The Bertz CT molecular complexity index is 1180. The van der Waals surface area contributed by atoms with Gasteiger partial charge in [-0.2, -0.15) is 0 Å². The van der Waals surface area contributed by atoms with Gasteiger partial charge >= 0.3 is 0 Å². The Morgan fingerprint density at radius 1 is 1.03 bits per heavy atom. The van der Waals surface area contributed by atoms with Crippen LogP contribution >= 0.6 is 0 Å². The van der Waals surface area contributed by atoms with Crippen molar-refractivity contribution in [1.29, 1.82) is 0 Å². The van der Waals surface area contributed by atoms with Gasteiger partial charge in [-0.3, -0.25) is 9.59 Å². The van der Waals surface area contributed by atoms with E-state index in [1.807, 2.05) is 38.1 Å². The predicted molar refractivity (Wildman–Crippen MR) is 136 cm³/mol. The zero-order chi connectivity index (χ0) is 25.3. The number of amides is 2. The number of carbonyl (C=O) groups excluding carboxylic acids is 2. The largest absolute Gasteiger partial charge is 0.463 e. The van der Waals surface area contributed by atoms with Crippen molar-refractivity contribution < 1.29 is 19.1 Å². The Morgan fingerprint density at radius 2 is 1.67 bits per heavy atom. The second-order valence-corrected chi connectivity index (χ2v) is 10.1. The molecular formula is C28H31N3O5. The molecule has 0 spiro atoms. The molecule has 0 radical (unpaired) electrons. The molecule has 2 bridgehead atoms. The highest BCUT2D eigenvalue weighted by Crippen LogP contribution is 2.51. The van der Waals surface area contributed by atoms with Crippen LogP contribution in [0.15, 0.2) is 65.2 Å². The van der Waals surface area contributed by atoms with Crippen molar-refractivity contribution in [2.75, 3.05) is 11.9 Å². The highest BCUT2D eigenvalue weighted by Gasteiger charge is 2.51. The first-order chi connectivity index (χ1) is 17.4. The quantitative estimate of drug-likeness (QED) is 0.522. The summed E-state index contributed by atoms with van der Waals surface area (Å²) in [4.78, 5) is 34.7. The Labute approximate surface area is 210 Å². The van der Waals surface area contributed by atoms with Crippen molar-refractivity contribution in [3.05, 3.63) is 70.5 Å². The lowest BCUT2D eigenvalue weighted by atomic mass is 9.62. The third-order valence-electron chi connectivity index (χ3n) is 7.88. The summed E-state index contributed by atoms with van der Waals surface area (Å²) in [5, 5.41) is 8.62. The van der Waals surface area contributed by atoms with Crippen LogP contribution in [0.3, 0.4) is 0 Å². The molecule has 36 heavy (non-hydrogen) atoms. The van der Waals surface area contributed by atoms with Gasteiger partial charge in [0.1, 0.15) is 0 Å². The molecule has 2 aromatic carbocycles. The molecule has 8 heteroatoms. The molecule has 2 N–H and O–H groups in total. The number of allylic oxidation sites excluding steroid dienone is 1. The van der Waals surface area contributed by atoms with Crippen molar-refractivity contribution in [2.24, 2.45) is 5.18 Å². The molecule has 2 amide bonds. The summed E-state index contributed by atoms with van der Waals surface area (Å²) in [5.41, 5.74) is 4.27. The molecule has 0 aromatic heterocycles. The van der Waals surface area contributed by atoms with Crippen LogP contribution < -0.4 is 10.6 Å². The van der Waals surface area contributed by atoms with E-state index >= 15 is 0 Å². The van der Waals surface area contributed by atoms with Gasteiger partial charge in [-0.25, -0.2) is 0 Å². The summed E-state index contributed by atoms with van der Waals surface area (Å²) in [6.45, 7) is 4.39. The average molecular weight is 490 g/mol. The highest BCUT2D eigenvalue weighted by atomic mass is 16.5. The Balaban J connectivity index is 1.22. The first-order valence-electron chi connectivity index (χ1n) is 12.5. The lowest BCUT2D eigenvalue weighted by molar-refractivity contribution is -0.165. The Morgan fingerprint density at radius 3 is 2.19 bits per heavy atom. The van der Waals surface area contributed by atoms with Crippen LogP contribution in [0.4, 0.5) is 5.69 Å². The molecule has 1 saturated carbocycles. The molecule has 2 saturated heterocycles. The average Bonchev–Trinajstić information content (AvgIpc) is 3.31. The van der Waals surface area contributed by atoms with Gasteiger partial charge in [0.15, 0.2) is 6.23 Å². The number of hydrogen-bond donors (Lipinski definition) is 2. The predicted octanol–water partition coefficient (Wildman–Crippen LogP) is 5.14. The maximum atomic E-state index is 12.6. The second-order valence-electron chi connectivity index (χ2n) is 10.1. The standard InChI is InChI=1S/C28H31N3O5/c1-3-24-29-18(2)25(36-24)26(33)30-22-10-6-20(7-11-22)19-4-8-21(9-5-19)27-12-14-28(15-13-27,35-17-27)16-23(32)31-34/h4-11,24,29H,3,12-17H2,1-2H3,(H,30,33). The third-order valence-corrected chi connectivity index (χ3v) is 7.88. The topological polar surface area (TPSA) is 106 Å². The van der Waals surface area contributed by atoms with Crippen molar-refractivity contribution in [3.8, 4) is 11.1 Å². The number of nitroso groups, excluding NO2 is 1. The summed E-state index contributed by atoms with van der Waals surface area (Å²) in [6, 6.07) is 16.3. The molecule has 8 nitrogen and oxygen atoms in total. The molecule has 2 aromatic rings. The number of rotatable bonds is 7. The molecule has 3 heterocycles. The monoisotopic (exact) mass is 489 g/mol. The molecule has 1 unspecified atom stereocenters. The lowest BCUT2D eigenvalue weighted by Crippen LogP contribution is -2.53. The maximum Gasteiger partial charge on any atom is 0.292 e. The van der Waals surface area contributed by atoms with Crippen LogP contribution in [0.25, 0.3) is 11.1 Å². The van der Waals surface area contributed by atoms with Gasteiger partial charge < -0.3 is 20.1 Å². The van der Waals surface area contributed by atoms with Gasteiger partial charge in [0.2, 0.25) is 5.76 Å². The number of fused-ring (bicyclic) bond motifs is 3. The van der Waals surface area contributed by atoms with Crippen molar-refractivity contribution >= 4 is 17.5 Å². The summed E-state index contributed by atoms with van der Waals surface area (Å²) in [7, 11) is 0. The van der Waals surface area contributed by atoms with E-state index in [2.05, 4.69) is 40.1 Å². The zero-order valence-corrected chi connectivity index (χ0v) is 20.6. The lowest BCUT2D eigenvalue weighted by Gasteiger charge is -2.53. The van der Waals surface area contributed by atoms with Crippen LogP contribution in [-0.2, 0) is 24.5 Å². The zero-order valence-electron chi connectivity index (χ0n) is 20.6. The van der Waals surface area contributed by atoms with E-state index < -0.39 is 11.5 Å². The minimum atomic E-state index is -0.624. The van der Waals surface area contributed by atoms with Crippen LogP contribution in [-0.4, -0.2) is 30.3 Å². The maximum absolute atomic E-state index is 12.6. The van der Waals surface area contributed by atoms with E-state index in [0.29, 0.717) is 18.1 Å². The van der Waals surface area contributed by atoms with Crippen LogP contribution in [0, 0.1) is 4.91 Å². The molecule has 1 aliphatic carbocycles. The molecule has 1 atom stereocenters. The molecule has 188 valence electrons. The van der Waals surface area contributed by atoms with Crippen molar-refractivity contribution in [1.82, 2.24) is 5.32 Å². The first kappa shape index (κ1) is 24.2. The van der Waals surface area contributed by atoms with Crippen LogP contribution in [0.2, 0.25) is 0 Å². The van der Waals surface area contributed by atoms with E-state index in [1.165, 1.54) is 5.56 Å². The summed E-state index contributed by atoms with van der Waals surface area (Å²) in [6.07, 6.45) is 4.09. The van der Waals surface area contributed by atoms with Crippen LogP contribution in [0.5, 0.6) is 0 Å². The van der Waals surface area contributed by atoms with Gasteiger partial charge in [-0.15, -0.1) is 4.91 Å². The molecular weight excluding hydrogens is 458 g/mol. The van der Waals surface area contributed by atoms with E-state index in [9.17, 15) is 14.5 Å². The molecule has 3 fully saturated rings. The summed E-state index contributed by atoms with van der Waals surface area (Å²) in [5.74, 6) is -0.551. The number of nitrogens with zero attached hydrogens (tertiary/aromatic N) is 1. The van der Waals surface area contributed by atoms with Gasteiger partial charge in [-0.05, 0) is 61.4 Å². The number of nitrogens with one attached hydrogen (secondary N) is 2. The number of ether oxygens (including phenoxy) is 2. The molecule has 3 aliphatic heterocycles. The van der Waals surface area contributed by atoms with E-state index in [0.717, 1.165) is 48.9 Å². The number of hydrogen-bond acceptors (Lipinski definition) is 6. The molecule has 6 rings (SSSR count). The smallest absolute Gasteiger partial charge is 0.292 e. The molecule has 4 aliphatic rings. The fourth-order valence-corrected chi connectivity index (χ4v) is 5.60. The minimum absolute atomic E-state index is 0.0488. The van der Waals surface area contributed by atoms with E-state index in [1.54, 1.807) is 0 Å². The van der Waals surface area contributed by atoms with Crippen molar-refractivity contribution in [3.63, 3.8) is 0 Å². The Kier molecular flexibility index (Phi) is 6.38. The van der Waals surface area contributed by atoms with Gasteiger partial charge in [-0.1, -0.05) is 43.3 Å². The number of carbonyl (C=O) groups is 2. The summed E-state index contributed by atoms with van der Waals surface area (Å²) < 4.78 is 11.8. The fraction of sp³-hybridized carbons (Fsp3) is 0.429. The van der Waals surface area contributed by atoms with Gasteiger partial charge in [0, 0.05) is 22.7 Å².